The van der Waals surface area contributed by atoms with Crippen LogP contribution in [0.15, 0.2) is 59.3 Å². The fourth-order valence-electron chi connectivity index (χ4n) is 3.04. The van der Waals surface area contributed by atoms with Crippen LogP contribution in [0.5, 0.6) is 0 Å². The number of aromatic nitrogens is 1. The van der Waals surface area contributed by atoms with Crippen molar-refractivity contribution >= 4 is 40.2 Å². The van der Waals surface area contributed by atoms with Gasteiger partial charge in [-0.15, -0.1) is 12.4 Å². The number of halogens is 1. The van der Waals surface area contributed by atoms with Crippen LogP contribution in [0.4, 0.5) is 5.82 Å². The molecule has 1 aliphatic rings. The van der Waals surface area contributed by atoms with Gasteiger partial charge in [0, 0.05) is 13.2 Å². The number of likely N-dealkylation sites (N-methyl/N-ethyl adjacent to an activating group) is 1. The van der Waals surface area contributed by atoms with Gasteiger partial charge in [-0.2, -0.15) is 5.06 Å². The number of carbonyl (C=O) groups excluding carboxylic acids is 1. The molecule has 0 spiro atoms. The van der Waals surface area contributed by atoms with Gasteiger partial charge in [0.1, 0.15) is 5.70 Å². The van der Waals surface area contributed by atoms with Gasteiger partial charge in [-0.05, 0) is 63.3 Å². The third-order valence-corrected chi connectivity index (χ3v) is 6.52. The van der Waals surface area contributed by atoms with Crippen molar-refractivity contribution in [1.82, 2.24) is 14.2 Å². The Morgan fingerprint density at radius 3 is 2.48 bits per heavy atom. The Bertz CT molecular complexity index is 1030. The molecule has 0 aliphatic carbocycles. The lowest BCUT2D eigenvalue weighted by molar-refractivity contribution is -0.123. The number of benzene rings is 1. The number of hydroxylamine groups is 1. The van der Waals surface area contributed by atoms with Crippen molar-refractivity contribution < 1.29 is 18.0 Å². The van der Waals surface area contributed by atoms with Crippen molar-refractivity contribution in [3.05, 3.63) is 59.9 Å². The predicted molar refractivity (Wildman–Crippen MR) is 122 cm³/mol. The lowest BCUT2D eigenvalue weighted by Gasteiger charge is -2.30. The van der Waals surface area contributed by atoms with Crippen LogP contribution in [0.1, 0.15) is 18.4 Å². The lowest BCUT2D eigenvalue weighted by Crippen LogP contribution is -2.41. The molecule has 31 heavy (non-hydrogen) atoms. The molecule has 0 saturated carbocycles. The van der Waals surface area contributed by atoms with E-state index in [9.17, 15) is 13.2 Å². The number of amides is 1. The number of fused-ring (bicyclic) bond motifs is 1. The van der Waals surface area contributed by atoms with Gasteiger partial charge in [0.15, 0.2) is 5.82 Å². The molecule has 1 amide bonds. The predicted octanol–water partition coefficient (Wildman–Crippen LogP) is 2.79. The van der Waals surface area contributed by atoms with Crippen LogP contribution >= 0.6 is 12.4 Å². The molecule has 2 aromatic rings. The van der Waals surface area contributed by atoms with Crippen LogP contribution in [-0.4, -0.2) is 62.8 Å². The quantitative estimate of drug-likeness (QED) is 0.439. The van der Waals surface area contributed by atoms with Crippen molar-refractivity contribution in [2.75, 3.05) is 39.4 Å². The minimum atomic E-state index is -3.83. The Morgan fingerprint density at radius 1 is 1.10 bits per heavy atom. The Kier molecular flexibility index (Phi) is 8.58. The van der Waals surface area contributed by atoms with Crippen molar-refractivity contribution in [2.45, 2.75) is 17.7 Å². The summed E-state index contributed by atoms with van der Waals surface area (Å²) in [7, 11) is 1.52. The maximum atomic E-state index is 13.4. The van der Waals surface area contributed by atoms with Crippen molar-refractivity contribution in [1.29, 1.82) is 0 Å². The van der Waals surface area contributed by atoms with E-state index < -0.39 is 15.9 Å². The van der Waals surface area contributed by atoms with Crippen LogP contribution in [-0.2, 0) is 19.7 Å². The second-order valence-electron chi connectivity index (χ2n) is 7.17. The summed E-state index contributed by atoms with van der Waals surface area (Å²) in [5.41, 5.74) is 0.457. The van der Waals surface area contributed by atoms with E-state index in [1.165, 1.54) is 13.1 Å². The smallest absolute Gasteiger partial charge is 0.300 e. The second kappa shape index (κ2) is 10.7. The molecular formula is C21H27ClN4O4S. The molecule has 1 aromatic carbocycles. The van der Waals surface area contributed by atoms with E-state index in [0.717, 1.165) is 28.8 Å². The number of carbonyl (C=O) groups is 1. The maximum absolute atomic E-state index is 13.4. The third kappa shape index (κ3) is 5.62. The molecule has 8 nitrogen and oxygen atoms in total. The van der Waals surface area contributed by atoms with E-state index in [2.05, 4.69) is 9.88 Å². The summed E-state index contributed by atoms with van der Waals surface area (Å²) >= 11 is 0. The molecule has 2 heterocycles. The summed E-state index contributed by atoms with van der Waals surface area (Å²) in [4.78, 5) is 25.6. The molecule has 0 saturated heterocycles. The number of unbranched alkanes of at least 4 members (excludes halogenated alkanes) is 1. The first-order valence-electron chi connectivity index (χ1n) is 9.65. The van der Waals surface area contributed by atoms with Crippen LogP contribution in [0.2, 0.25) is 0 Å². The average Bonchev–Trinajstić information content (AvgIpc) is 2.73. The van der Waals surface area contributed by atoms with Gasteiger partial charge in [-0.25, -0.2) is 13.4 Å². The molecule has 1 aromatic heterocycles. The normalized spacial score (nSPS) is 14.5. The van der Waals surface area contributed by atoms with Crippen LogP contribution in [0.3, 0.4) is 0 Å². The van der Waals surface area contributed by atoms with E-state index in [0.29, 0.717) is 18.0 Å². The Morgan fingerprint density at radius 2 is 1.81 bits per heavy atom. The standard InChI is InChI=1S/C21H26N4O4S.ClH/c1-23(2)14-8-9-15-29-25(20-12-6-7-13-22-20)21(26)18-16-17-10-4-5-11-19(17)30(27,28)24(18)3;/h4-7,10-13,16H,8-9,14-15H2,1-3H3;1H. The summed E-state index contributed by atoms with van der Waals surface area (Å²) in [6.07, 6.45) is 4.76. The van der Waals surface area contributed by atoms with Gasteiger partial charge < -0.3 is 4.90 Å². The van der Waals surface area contributed by atoms with E-state index in [-0.39, 0.29) is 23.0 Å². The molecular weight excluding hydrogens is 440 g/mol. The van der Waals surface area contributed by atoms with Crippen molar-refractivity contribution in [3.8, 4) is 0 Å². The zero-order chi connectivity index (χ0) is 21.7. The molecule has 3 rings (SSSR count). The van der Waals surface area contributed by atoms with Gasteiger partial charge in [0.25, 0.3) is 10.0 Å². The third-order valence-electron chi connectivity index (χ3n) is 4.67. The number of nitrogens with zero attached hydrogens (tertiary/aromatic N) is 4. The van der Waals surface area contributed by atoms with Gasteiger partial charge in [-0.1, -0.05) is 24.3 Å². The lowest BCUT2D eigenvalue weighted by atomic mass is 10.2. The molecule has 10 heteroatoms. The largest absolute Gasteiger partial charge is 0.309 e. The second-order valence-corrected chi connectivity index (χ2v) is 9.11. The molecule has 0 unspecified atom stereocenters. The van der Waals surface area contributed by atoms with E-state index in [1.54, 1.807) is 48.7 Å². The zero-order valence-electron chi connectivity index (χ0n) is 17.8. The van der Waals surface area contributed by atoms with E-state index in [1.807, 2.05) is 14.1 Å². The fourth-order valence-corrected chi connectivity index (χ4v) is 4.40. The van der Waals surface area contributed by atoms with Crippen LogP contribution < -0.4 is 5.06 Å². The molecule has 168 valence electrons. The summed E-state index contributed by atoms with van der Waals surface area (Å²) in [6.45, 7) is 1.21. The fraction of sp³-hybridized carbons (Fsp3) is 0.333. The van der Waals surface area contributed by atoms with Gasteiger partial charge >= 0.3 is 5.91 Å². The van der Waals surface area contributed by atoms with Gasteiger partial charge in [0.05, 0.1) is 11.5 Å². The molecule has 0 fully saturated rings. The minimum Gasteiger partial charge on any atom is -0.309 e. The highest BCUT2D eigenvalue weighted by Gasteiger charge is 2.35. The van der Waals surface area contributed by atoms with Crippen molar-refractivity contribution in [2.24, 2.45) is 0 Å². The van der Waals surface area contributed by atoms with Crippen molar-refractivity contribution in [3.63, 3.8) is 0 Å². The number of hydrogen-bond donors (Lipinski definition) is 0. The van der Waals surface area contributed by atoms with E-state index >= 15 is 0 Å². The van der Waals surface area contributed by atoms with E-state index in [4.69, 9.17) is 4.84 Å². The first-order chi connectivity index (χ1) is 14.3. The van der Waals surface area contributed by atoms with Crippen LogP contribution in [0.25, 0.3) is 6.08 Å². The summed E-state index contributed by atoms with van der Waals surface area (Å²) < 4.78 is 26.8. The topological polar surface area (TPSA) is 83.0 Å². The monoisotopic (exact) mass is 466 g/mol. The number of anilines is 1. The first-order valence-corrected chi connectivity index (χ1v) is 11.1. The number of hydrogen-bond acceptors (Lipinski definition) is 6. The number of pyridine rings is 1. The number of sulfonamides is 1. The zero-order valence-corrected chi connectivity index (χ0v) is 19.4. The summed E-state index contributed by atoms with van der Waals surface area (Å²) in [5.74, 6) is -0.303. The highest BCUT2D eigenvalue weighted by molar-refractivity contribution is 7.89. The SMILES string of the molecule is CN(C)CCCCON(C(=O)C1=Cc2ccccc2S(=O)(=O)N1C)c1ccccn1.Cl. The molecule has 0 radical (unpaired) electrons. The Hall–Kier alpha value is -2.46. The molecule has 0 bridgehead atoms. The highest BCUT2D eigenvalue weighted by atomic mass is 35.5. The Labute approximate surface area is 189 Å². The Balaban J connectivity index is 0.00000341. The summed E-state index contributed by atoms with van der Waals surface area (Å²) in [6, 6.07) is 11.7. The average molecular weight is 467 g/mol. The first kappa shape index (κ1) is 24.8. The summed E-state index contributed by atoms with van der Waals surface area (Å²) in [5, 5.41) is 1.07. The van der Waals surface area contributed by atoms with Gasteiger partial charge in [0.2, 0.25) is 0 Å². The minimum absolute atomic E-state index is 0. The highest BCUT2D eigenvalue weighted by Crippen LogP contribution is 2.31. The molecule has 0 atom stereocenters. The molecule has 1 aliphatic heterocycles. The van der Waals surface area contributed by atoms with Gasteiger partial charge in [-0.3, -0.25) is 13.9 Å². The van der Waals surface area contributed by atoms with Crippen LogP contribution in [0, 0.1) is 0 Å². The maximum Gasteiger partial charge on any atom is 0.300 e. The molecule has 0 N–H and O–H groups in total. The number of rotatable bonds is 8.